The minimum absolute atomic E-state index is 0.139. The van der Waals surface area contributed by atoms with Gasteiger partial charge in [-0.25, -0.2) is 0 Å². The Hall–Kier alpha value is -2.64. The minimum Gasteiger partial charge on any atom is -0.387 e. The average Bonchev–Trinajstić information content (AvgIpc) is 3.07. The van der Waals surface area contributed by atoms with Gasteiger partial charge in [0, 0.05) is 24.1 Å². The lowest BCUT2D eigenvalue weighted by Crippen LogP contribution is -2.25. The third-order valence-electron chi connectivity index (χ3n) is 3.81. The first kappa shape index (κ1) is 18.2. The van der Waals surface area contributed by atoms with Gasteiger partial charge in [-0.3, -0.25) is 9.78 Å². The molecule has 0 bridgehead atoms. The normalized spacial score (nSPS) is 12.0. The van der Waals surface area contributed by atoms with Crippen molar-refractivity contribution in [2.45, 2.75) is 26.4 Å². The van der Waals surface area contributed by atoms with Gasteiger partial charge in [-0.1, -0.05) is 18.2 Å². The summed E-state index contributed by atoms with van der Waals surface area (Å²) in [5.74, 6) is -0.139. The summed E-state index contributed by atoms with van der Waals surface area (Å²) in [7, 11) is 0. The summed E-state index contributed by atoms with van der Waals surface area (Å²) in [6.07, 6.45) is 0.0278. The topological polar surface area (TPSA) is 88.0 Å². The molecule has 0 unspecified atom stereocenters. The van der Waals surface area contributed by atoms with Crippen LogP contribution in [0.3, 0.4) is 0 Å². The first-order valence-corrected chi connectivity index (χ1v) is 9.17. The van der Waals surface area contributed by atoms with Crippen molar-refractivity contribution in [1.29, 1.82) is 0 Å². The number of rotatable bonds is 6. The van der Waals surface area contributed by atoms with E-state index in [0.717, 1.165) is 21.3 Å². The summed E-state index contributed by atoms with van der Waals surface area (Å²) >= 11 is 1.54. The number of nitrogens with one attached hydrogen (secondary N) is 1. The van der Waals surface area contributed by atoms with Crippen LogP contribution in [0, 0.1) is 6.92 Å². The fourth-order valence-electron chi connectivity index (χ4n) is 2.49. The van der Waals surface area contributed by atoms with Crippen molar-refractivity contribution in [2.75, 3.05) is 6.54 Å². The first-order chi connectivity index (χ1) is 12.5. The number of aliphatic hydroxyl groups excluding tert-OH is 1. The van der Waals surface area contributed by atoms with Crippen LogP contribution in [0.5, 0.6) is 0 Å². The molecule has 0 saturated heterocycles. The Kier molecular flexibility index (Phi) is 5.70. The number of aliphatic hydroxyl groups is 1. The van der Waals surface area contributed by atoms with Gasteiger partial charge >= 0.3 is 0 Å². The molecule has 1 atom stereocenters. The number of amides is 1. The van der Waals surface area contributed by atoms with E-state index in [4.69, 9.17) is 0 Å². The SMILES string of the molecule is Cc1nnc(CCNC(=O)c2cccc(-c3cccc([C@H](C)O)n3)c2)s1. The van der Waals surface area contributed by atoms with Crippen molar-refractivity contribution in [3.63, 3.8) is 0 Å². The van der Waals surface area contributed by atoms with Crippen LogP contribution in [0.4, 0.5) is 0 Å². The third kappa shape index (κ3) is 4.50. The van der Waals surface area contributed by atoms with Crippen LogP contribution < -0.4 is 5.32 Å². The quantitative estimate of drug-likeness (QED) is 0.698. The molecule has 0 aliphatic carbocycles. The fourth-order valence-corrected chi connectivity index (χ4v) is 3.20. The lowest BCUT2D eigenvalue weighted by Gasteiger charge is -2.08. The van der Waals surface area contributed by atoms with Gasteiger partial charge in [0.1, 0.15) is 10.0 Å². The van der Waals surface area contributed by atoms with E-state index in [-0.39, 0.29) is 5.91 Å². The maximum absolute atomic E-state index is 12.4. The molecule has 3 rings (SSSR count). The molecule has 1 amide bonds. The van der Waals surface area contributed by atoms with Crippen molar-refractivity contribution in [3.8, 4) is 11.3 Å². The van der Waals surface area contributed by atoms with Crippen molar-refractivity contribution >= 4 is 17.2 Å². The monoisotopic (exact) mass is 368 g/mol. The van der Waals surface area contributed by atoms with E-state index in [9.17, 15) is 9.90 Å². The molecule has 2 N–H and O–H groups in total. The molecule has 7 heteroatoms. The summed E-state index contributed by atoms with van der Waals surface area (Å²) in [4.78, 5) is 16.8. The zero-order valence-electron chi connectivity index (χ0n) is 14.6. The van der Waals surface area contributed by atoms with E-state index >= 15 is 0 Å². The third-order valence-corrected chi connectivity index (χ3v) is 4.71. The summed E-state index contributed by atoms with van der Waals surface area (Å²) < 4.78 is 0. The molecule has 26 heavy (non-hydrogen) atoms. The van der Waals surface area contributed by atoms with E-state index in [0.29, 0.717) is 24.2 Å². The van der Waals surface area contributed by atoms with E-state index in [2.05, 4.69) is 20.5 Å². The van der Waals surface area contributed by atoms with Crippen molar-refractivity contribution in [2.24, 2.45) is 0 Å². The first-order valence-electron chi connectivity index (χ1n) is 8.35. The zero-order chi connectivity index (χ0) is 18.5. The van der Waals surface area contributed by atoms with Gasteiger partial charge in [-0.05, 0) is 38.1 Å². The van der Waals surface area contributed by atoms with Gasteiger partial charge in [-0.2, -0.15) is 0 Å². The molecule has 0 radical (unpaired) electrons. The zero-order valence-corrected chi connectivity index (χ0v) is 15.5. The van der Waals surface area contributed by atoms with Gasteiger partial charge < -0.3 is 10.4 Å². The van der Waals surface area contributed by atoms with Crippen LogP contribution in [-0.2, 0) is 6.42 Å². The number of benzene rings is 1. The summed E-state index contributed by atoms with van der Waals surface area (Å²) in [5.41, 5.74) is 2.73. The maximum Gasteiger partial charge on any atom is 0.251 e. The van der Waals surface area contributed by atoms with E-state index in [1.807, 2.05) is 31.2 Å². The Bertz CT molecular complexity index is 908. The molecule has 0 aliphatic heterocycles. The van der Waals surface area contributed by atoms with E-state index in [1.54, 1.807) is 25.1 Å². The standard InChI is InChI=1S/C19H20N4O2S/c1-12(24)16-7-4-8-17(21-16)14-5-3-6-15(11-14)19(25)20-10-9-18-23-22-13(2)26-18/h3-8,11-12,24H,9-10H2,1-2H3,(H,20,25)/t12-/m0/s1. The largest absolute Gasteiger partial charge is 0.387 e. The molecule has 6 nitrogen and oxygen atoms in total. The van der Waals surface area contributed by atoms with Crippen LogP contribution in [-0.4, -0.2) is 32.7 Å². The average molecular weight is 368 g/mol. The van der Waals surface area contributed by atoms with Gasteiger partial charge in [0.25, 0.3) is 5.91 Å². The van der Waals surface area contributed by atoms with Crippen LogP contribution >= 0.6 is 11.3 Å². The van der Waals surface area contributed by atoms with Crippen LogP contribution in [0.15, 0.2) is 42.5 Å². The molecule has 134 valence electrons. The molecule has 0 spiro atoms. The number of hydrogen-bond acceptors (Lipinski definition) is 6. The van der Waals surface area contributed by atoms with E-state index < -0.39 is 6.10 Å². The number of aromatic nitrogens is 3. The lowest BCUT2D eigenvalue weighted by atomic mass is 10.1. The van der Waals surface area contributed by atoms with Crippen LogP contribution in [0.25, 0.3) is 11.3 Å². The molecule has 0 fully saturated rings. The highest BCUT2D eigenvalue weighted by Gasteiger charge is 2.10. The van der Waals surface area contributed by atoms with Crippen LogP contribution in [0.1, 0.15) is 39.1 Å². The molecular weight excluding hydrogens is 348 g/mol. The maximum atomic E-state index is 12.4. The second-order valence-electron chi connectivity index (χ2n) is 5.93. The van der Waals surface area contributed by atoms with Gasteiger partial charge in [0.15, 0.2) is 0 Å². The number of carbonyl (C=O) groups excluding carboxylic acids is 1. The fraction of sp³-hybridized carbons (Fsp3) is 0.263. The van der Waals surface area contributed by atoms with Gasteiger partial charge in [0.05, 0.1) is 17.5 Å². The van der Waals surface area contributed by atoms with Crippen molar-refractivity contribution in [1.82, 2.24) is 20.5 Å². The molecular formula is C19H20N4O2S. The lowest BCUT2D eigenvalue weighted by molar-refractivity contribution is 0.0954. The molecule has 1 aromatic carbocycles. The number of pyridine rings is 1. The highest BCUT2D eigenvalue weighted by molar-refractivity contribution is 7.11. The van der Waals surface area contributed by atoms with Gasteiger partial charge in [-0.15, -0.1) is 21.5 Å². The Morgan fingerprint density at radius 1 is 1.23 bits per heavy atom. The molecule has 2 heterocycles. The summed E-state index contributed by atoms with van der Waals surface area (Å²) in [5, 5.41) is 22.5. The second-order valence-corrected chi connectivity index (χ2v) is 7.19. The summed E-state index contributed by atoms with van der Waals surface area (Å²) in [6, 6.07) is 12.8. The highest BCUT2D eigenvalue weighted by Crippen LogP contribution is 2.20. The predicted octanol–water partition coefficient (Wildman–Crippen LogP) is 2.93. The van der Waals surface area contributed by atoms with Crippen LogP contribution in [0.2, 0.25) is 0 Å². The summed E-state index contributed by atoms with van der Waals surface area (Å²) in [6.45, 7) is 4.09. The smallest absolute Gasteiger partial charge is 0.251 e. The number of aryl methyl sites for hydroxylation is 1. The minimum atomic E-state index is -0.634. The molecule has 2 aromatic heterocycles. The second kappa shape index (κ2) is 8.16. The van der Waals surface area contributed by atoms with Crippen molar-refractivity contribution < 1.29 is 9.90 Å². The van der Waals surface area contributed by atoms with Crippen molar-refractivity contribution in [3.05, 3.63) is 63.7 Å². The highest BCUT2D eigenvalue weighted by atomic mass is 32.1. The van der Waals surface area contributed by atoms with E-state index in [1.165, 1.54) is 11.3 Å². The molecule has 0 aliphatic rings. The number of hydrogen-bond donors (Lipinski definition) is 2. The Balaban J connectivity index is 1.68. The Morgan fingerprint density at radius 3 is 2.77 bits per heavy atom. The van der Waals surface area contributed by atoms with Gasteiger partial charge in [0.2, 0.25) is 0 Å². The molecule has 0 saturated carbocycles. The number of nitrogens with zero attached hydrogens (tertiary/aromatic N) is 3. The molecule has 3 aromatic rings. The Morgan fingerprint density at radius 2 is 2.04 bits per heavy atom. The Labute approximate surface area is 156 Å². The number of carbonyl (C=O) groups is 1. The predicted molar refractivity (Wildman–Crippen MR) is 101 cm³/mol.